The normalized spacial score (nSPS) is 25.6. The van der Waals surface area contributed by atoms with Crippen LogP contribution in [0, 0.1) is 10.8 Å². The third kappa shape index (κ3) is 12.4. The Labute approximate surface area is 377 Å². The number of fused-ring (bicyclic) bond motifs is 2. The number of allylic oxidation sites excluding steroid dienone is 2. The molecule has 0 spiro atoms. The molecule has 0 aromatic rings. The summed E-state index contributed by atoms with van der Waals surface area (Å²) in [6, 6.07) is 0. The molecule has 0 aromatic heterocycles. The van der Waals surface area contributed by atoms with Crippen molar-refractivity contribution in [1.82, 2.24) is 9.80 Å². The minimum Gasteiger partial charge on any atom is -0.875 e. The zero-order valence-electron chi connectivity index (χ0n) is 38.9. The zero-order chi connectivity index (χ0) is 44.2. The number of hydrogen-bond acceptors (Lipinski definition) is 10. The van der Waals surface area contributed by atoms with Crippen molar-refractivity contribution in [2.24, 2.45) is 10.8 Å². The Kier molecular flexibility index (Phi) is 21.3. The molecular weight excluding hydrogens is 777 g/mol. The number of esters is 1. The number of methoxy groups -OCH3 is 1. The van der Waals surface area contributed by atoms with E-state index < -0.39 is 63.8 Å². The second-order valence-electron chi connectivity index (χ2n) is 19.4. The molecule has 0 saturated carbocycles. The van der Waals surface area contributed by atoms with Crippen LogP contribution in [0.15, 0.2) is 22.7 Å². The number of carbonyl (C=O) groups excluding carboxylic acids is 5. The molecule has 4 heterocycles. The first-order valence-electron chi connectivity index (χ1n) is 22.7. The molecule has 12 nitrogen and oxygen atoms in total. The average Bonchev–Trinajstić information content (AvgIpc) is 3.87. The molecule has 4 aliphatic rings. The Hall–Kier alpha value is -2.48. The van der Waals surface area contributed by atoms with Gasteiger partial charge in [0.25, 0.3) is 11.8 Å². The summed E-state index contributed by atoms with van der Waals surface area (Å²) < 4.78 is 16.3. The molecule has 4 fully saturated rings. The molecule has 4 rings (SSSR count). The smallest absolute Gasteiger partial charge is 0.875 e. The van der Waals surface area contributed by atoms with Crippen molar-refractivity contribution in [2.45, 2.75) is 214 Å². The number of carbonyl (C=O) groups is 5. The molecule has 13 heteroatoms. The predicted octanol–water partition coefficient (Wildman–Crippen LogP) is 6.96. The van der Waals surface area contributed by atoms with Crippen LogP contribution in [-0.2, 0) is 38.2 Å². The third-order valence-corrected chi connectivity index (χ3v) is 12.1. The first-order valence-corrected chi connectivity index (χ1v) is 22.7. The van der Waals surface area contributed by atoms with Gasteiger partial charge in [0.05, 0.1) is 31.5 Å². The number of unbranched alkanes of at least 4 members (excludes halogenated alkanes) is 16. The fourth-order valence-electron chi connectivity index (χ4n) is 8.69. The van der Waals surface area contributed by atoms with Crippen molar-refractivity contribution < 1.29 is 48.4 Å². The van der Waals surface area contributed by atoms with E-state index in [2.05, 4.69) is 13.8 Å². The molecule has 0 unspecified atom stereocenters. The van der Waals surface area contributed by atoms with E-state index in [1.807, 2.05) is 41.5 Å². The van der Waals surface area contributed by atoms with E-state index in [1.165, 1.54) is 82.6 Å². The van der Waals surface area contributed by atoms with Gasteiger partial charge in [0.2, 0.25) is 11.3 Å². The molecule has 4 aliphatic heterocycles. The van der Waals surface area contributed by atoms with Gasteiger partial charge in [-0.3, -0.25) is 29.0 Å². The summed E-state index contributed by atoms with van der Waals surface area (Å²) in [4.78, 5) is 67.4. The van der Waals surface area contributed by atoms with Gasteiger partial charge in [0.15, 0.2) is 5.78 Å². The molecule has 336 valence electrons. The number of amides is 2. The first kappa shape index (κ1) is 53.7. The number of ether oxygens (including phenoxy) is 3. The molecule has 60 heavy (non-hydrogen) atoms. The maximum atomic E-state index is 13.2. The SMILES string of the molecule is CCCCCCCCCCC/C([O-])=C1/C(=O)N2[C@H](C(C)(C)C)OC[C@@]2(C(=O)OC)C1=O.CCCCCCCCCCC/C([O-])=C1/C(=O)N2[C@H](C(C)(C)C)OC[C@@]2(C)C1=O.[Mg+2]. The number of rotatable bonds is 21. The Bertz CT molecular complexity index is 1540. The van der Waals surface area contributed by atoms with E-state index in [0.29, 0.717) is 6.42 Å². The van der Waals surface area contributed by atoms with Crippen LogP contribution in [0.2, 0.25) is 0 Å². The molecule has 0 bridgehead atoms. The maximum Gasteiger partial charge on any atom is 2.00 e. The van der Waals surface area contributed by atoms with Gasteiger partial charge < -0.3 is 24.4 Å². The van der Waals surface area contributed by atoms with Crippen LogP contribution < -0.4 is 10.2 Å². The second-order valence-corrected chi connectivity index (χ2v) is 19.4. The minimum atomic E-state index is -1.88. The third-order valence-electron chi connectivity index (χ3n) is 12.1. The molecule has 2 amide bonds. The van der Waals surface area contributed by atoms with Crippen molar-refractivity contribution in [3.63, 3.8) is 0 Å². The summed E-state index contributed by atoms with van der Waals surface area (Å²) in [5, 5.41) is 25.5. The fraction of sp³-hybridized carbons (Fsp3) is 0.809. The Morgan fingerprint density at radius 2 is 0.967 bits per heavy atom. The Morgan fingerprint density at radius 1 is 0.617 bits per heavy atom. The number of Topliss-reactive ketones (excluding diaryl/α,β-unsaturated/α-hetero) is 2. The number of ketones is 2. The second kappa shape index (κ2) is 23.8. The van der Waals surface area contributed by atoms with Gasteiger partial charge in [-0.1, -0.05) is 171 Å². The van der Waals surface area contributed by atoms with Crippen LogP contribution in [0.5, 0.6) is 0 Å². The Morgan fingerprint density at radius 3 is 1.37 bits per heavy atom. The van der Waals surface area contributed by atoms with E-state index in [9.17, 15) is 34.2 Å². The molecule has 0 aromatic carbocycles. The van der Waals surface area contributed by atoms with Gasteiger partial charge in [-0.05, 0) is 19.8 Å². The molecule has 0 radical (unpaired) electrons. The van der Waals surface area contributed by atoms with Crippen molar-refractivity contribution in [3.8, 4) is 0 Å². The van der Waals surface area contributed by atoms with Crippen LogP contribution in [-0.4, -0.2) is 106 Å². The van der Waals surface area contributed by atoms with E-state index >= 15 is 0 Å². The fourth-order valence-corrected chi connectivity index (χ4v) is 8.69. The van der Waals surface area contributed by atoms with Crippen molar-refractivity contribution in [2.75, 3.05) is 20.3 Å². The first-order chi connectivity index (χ1) is 27.8. The van der Waals surface area contributed by atoms with Gasteiger partial charge in [-0.2, -0.15) is 0 Å². The summed E-state index contributed by atoms with van der Waals surface area (Å²) in [5.41, 5.74) is -4.29. The monoisotopic (exact) mass is 853 g/mol. The van der Waals surface area contributed by atoms with Crippen LogP contribution >= 0.6 is 0 Å². The largest absolute Gasteiger partial charge is 2.00 e. The van der Waals surface area contributed by atoms with Crippen LogP contribution in [0.4, 0.5) is 0 Å². The van der Waals surface area contributed by atoms with Crippen LogP contribution in [0.1, 0.15) is 191 Å². The summed E-state index contributed by atoms with van der Waals surface area (Å²) in [7, 11) is 1.17. The summed E-state index contributed by atoms with van der Waals surface area (Å²) >= 11 is 0. The van der Waals surface area contributed by atoms with E-state index in [-0.39, 0.29) is 71.6 Å². The van der Waals surface area contributed by atoms with Crippen molar-refractivity contribution in [1.29, 1.82) is 0 Å². The van der Waals surface area contributed by atoms with Gasteiger partial charge in [0, 0.05) is 10.8 Å². The van der Waals surface area contributed by atoms with Crippen LogP contribution in [0.25, 0.3) is 0 Å². The zero-order valence-corrected chi connectivity index (χ0v) is 40.3. The molecule has 4 saturated heterocycles. The van der Waals surface area contributed by atoms with Crippen LogP contribution in [0.3, 0.4) is 0 Å². The van der Waals surface area contributed by atoms with E-state index in [1.54, 1.807) is 6.92 Å². The molecule has 0 N–H and O–H groups in total. The van der Waals surface area contributed by atoms with Crippen molar-refractivity contribution >= 4 is 52.4 Å². The van der Waals surface area contributed by atoms with Gasteiger partial charge in [-0.15, -0.1) is 11.5 Å². The standard InChI is InChI=1S/C24H39NO6.C23H39NO4.Mg/c1-6-7-8-9-10-11-12-13-14-15-17(26)18-19(27)24(22(29)30-5)16-31-21(23(2,3)4)25(24)20(18)28;1-6-7-8-9-10-11-12-13-14-15-17(25)18-19(26)23(5)16-28-21(22(2,3)4)24(23)20(18)27;/h21,26H,6-16H2,1-5H3;21,25H,6-16H2,1-5H3;/q;;+2/p-2/b2*18-17-;/t21-,24-;21-,23-;/m00./s1. The summed E-state index contributed by atoms with van der Waals surface area (Å²) in [6.07, 6.45) is 19.5. The average molecular weight is 853 g/mol. The molecule has 4 atom stereocenters. The minimum absolute atomic E-state index is 0. The number of hydrogen-bond donors (Lipinski definition) is 0. The predicted molar refractivity (Wildman–Crippen MR) is 229 cm³/mol. The van der Waals surface area contributed by atoms with Gasteiger partial charge in [0.1, 0.15) is 18.0 Å². The van der Waals surface area contributed by atoms with E-state index in [0.717, 1.165) is 43.4 Å². The molecular formula is C47H76MgN2O10. The maximum absolute atomic E-state index is 13.2. The molecule has 0 aliphatic carbocycles. The quantitative estimate of drug-likeness (QED) is 0.0224. The van der Waals surface area contributed by atoms with Crippen molar-refractivity contribution in [3.05, 3.63) is 22.7 Å². The topological polar surface area (TPSA) is 166 Å². The Balaban J connectivity index is 0.000000409. The summed E-state index contributed by atoms with van der Waals surface area (Å²) in [6.45, 7) is 17.5. The van der Waals surface area contributed by atoms with Gasteiger partial charge in [-0.25, -0.2) is 4.79 Å². The van der Waals surface area contributed by atoms with Gasteiger partial charge >= 0.3 is 29.0 Å². The van der Waals surface area contributed by atoms with E-state index in [4.69, 9.17) is 14.2 Å². The number of nitrogens with zero attached hydrogens (tertiary/aromatic N) is 2. The summed E-state index contributed by atoms with van der Waals surface area (Å²) in [5.74, 6) is -3.92.